The molecule has 0 aromatic carbocycles. The number of carbonyl (C=O) groups is 1. The summed E-state index contributed by atoms with van der Waals surface area (Å²) in [6, 6.07) is 0.635. The van der Waals surface area contributed by atoms with Crippen molar-refractivity contribution in [3.8, 4) is 0 Å². The van der Waals surface area contributed by atoms with Crippen molar-refractivity contribution >= 4 is 5.91 Å². The average Bonchev–Trinajstić information content (AvgIpc) is 2.45. The molecular formula is C17H32N2O. The van der Waals surface area contributed by atoms with Crippen LogP contribution in [0.3, 0.4) is 0 Å². The maximum absolute atomic E-state index is 12.5. The Morgan fingerprint density at radius 3 is 2.30 bits per heavy atom. The van der Waals surface area contributed by atoms with E-state index in [4.69, 9.17) is 0 Å². The molecule has 1 saturated carbocycles. The van der Waals surface area contributed by atoms with Gasteiger partial charge in [-0.25, -0.2) is 0 Å². The summed E-state index contributed by atoms with van der Waals surface area (Å²) in [5.74, 6) is 0.710. The fourth-order valence-electron chi connectivity index (χ4n) is 3.64. The molecule has 20 heavy (non-hydrogen) atoms. The third-order valence-electron chi connectivity index (χ3n) is 5.06. The van der Waals surface area contributed by atoms with Crippen LogP contribution in [0.2, 0.25) is 0 Å². The van der Waals surface area contributed by atoms with Crippen LogP contribution in [0.15, 0.2) is 0 Å². The maximum Gasteiger partial charge on any atom is 0.225 e. The van der Waals surface area contributed by atoms with E-state index in [-0.39, 0.29) is 0 Å². The lowest BCUT2D eigenvalue weighted by Crippen LogP contribution is -2.39. The first-order valence-electron chi connectivity index (χ1n) is 8.76. The molecule has 0 radical (unpaired) electrons. The topological polar surface area (TPSA) is 32.3 Å². The zero-order valence-corrected chi connectivity index (χ0v) is 13.2. The molecule has 1 aliphatic carbocycles. The standard InChI is InChI=1S/C17H32N2O/c1-19(14-12-16-11-7-8-13-18-16)17(20)15-9-5-3-2-4-6-10-15/h15-16,18H,2-14H2,1H3. The first kappa shape index (κ1) is 15.8. The molecule has 1 atom stereocenters. The van der Waals surface area contributed by atoms with E-state index in [2.05, 4.69) is 5.32 Å². The van der Waals surface area contributed by atoms with Crippen molar-refractivity contribution in [2.45, 2.75) is 76.7 Å². The van der Waals surface area contributed by atoms with Crippen molar-refractivity contribution < 1.29 is 4.79 Å². The van der Waals surface area contributed by atoms with Crippen LogP contribution < -0.4 is 5.32 Å². The number of nitrogens with zero attached hydrogens (tertiary/aromatic N) is 1. The molecule has 2 rings (SSSR count). The molecule has 116 valence electrons. The van der Waals surface area contributed by atoms with E-state index in [0.717, 1.165) is 32.4 Å². The molecule has 1 unspecified atom stereocenters. The highest BCUT2D eigenvalue weighted by atomic mass is 16.2. The molecule has 0 aromatic rings. The number of piperidine rings is 1. The van der Waals surface area contributed by atoms with Crippen molar-refractivity contribution in [3.63, 3.8) is 0 Å². The van der Waals surface area contributed by atoms with Gasteiger partial charge in [0.25, 0.3) is 0 Å². The normalized spacial score (nSPS) is 25.8. The highest BCUT2D eigenvalue weighted by molar-refractivity contribution is 5.78. The Labute approximate surface area is 124 Å². The molecule has 2 fully saturated rings. The Morgan fingerprint density at radius 2 is 1.65 bits per heavy atom. The minimum absolute atomic E-state index is 0.305. The van der Waals surface area contributed by atoms with Crippen LogP contribution in [-0.2, 0) is 4.79 Å². The van der Waals surface area contributed by atoms with E-state index in [1.165, 1.54) is 51.4 Å². The summed E-state index contributed by atoms with van der Waals surface area (Å²) in [6.07, 6.45) is 13.8. The number of nitrogens with one attached hydrogen (secondary N) is 1. The minimum Gasteiger partial charge on any atom is -0.345 e. The third kappa shape index (κ3) is 5.08. The summed E-state index contributed by atoms with van der Waals surface area (Å²) in [5.41, 5.74) is 0. The summed E-state index contributed by atoms with van der Waals surface area (Å²) in [5, 5.41) is 3.57. The van der Waals surface area contributed by atoms with Gasteiger partial charge in [-0.15, -0.1) is 0 Å². The third-order valence-corrected chi connectivity index (χ3v) is 5.06. The molecule has 0 aromatic heterocycles. The number of amides is 1. The van der Waals surface area contributed by atoms with Gasteiger partial charge in [0, 0.05) is 25.6 Å². The summed E-state index contributed by atoms with van der Waals surface area (Å²) >= 11 is 0. The smallest absolute Gasteiger partial charge is 0.225 e. The summed E-state index contributed by atoms with van der Waals surface area (Å²) < 4.78 is 0. The molecule has 3 nitrogen and oxygen atoms in total. The fourth-order valence-corrected chi connectivity index (χ4v) is 3.64. The minimum atomic E-state index is 0.305. The van der Waals surface area contributed by atoms with Gasteiger partial charge in [0.15, 0.2) is 0 Å². The van der Waals surface area contributed by atoms with Gasteiger partial charge in [-0.1, -0.05) is 38.5 Å². The number of hydrogen-bond donors (Lipinski definition) is 1. The SMILES string of the molecule is CN(CCC1CCCCN1)C(=O)C1CCCCCCC1. The molecule has 3 heteroatoms. The van der Waals surface area contributed by atoms with E-state index in [9.17, 15) is 4.79 Å². The highest BCUT2D eigenvalue weighted by Gasteiger charge is 2.23. The Bertz CT molecular complexity index is 279. The summed E-state index contributed by atoms with van der Waals surface area (Å²) in [6.45, 7) is 2.08. The molecule has 1 heterocycles. The second kappa shape index (κ2) is 8.66. The van der Waals surface area contributed by atoms with E-state index in [0.29, 0.717) is 17.9 Å². The Kier molecular flexibility index (Phi) is 6.85. The van der Waals surface area contributed by atoms with Crippen LogP contribution >= 0.6 is 0 Å². The molecule has 0 spiro atoms. The zero-order chi connectivity index (χ0) is 14.2. The largest absolute Gasteiger partial charge is 0.345 e. The van der Waals surface area contributed by atoms with Gasteiger partial charge in [0.1, 0.15) is 0 Å². The molecule has 1 saturated heterocycles. The van der Waals surface area contributed by atoms with Crippen molar-refractivity contribution in [1.29, 1.82) is 0 Å². The lowest BCUT2D eigenvalue weighted by atomic mass is 9.90. The average molecular weight is 280 g/mol. The van der Waals surface area contributed by atoms with Crippen molar-refractivity contribution in [2.75, 3.05) is 20.1 Å². The first-order valence-corrected chi connectivity index (χ1v) is 8.76. The Hall–Kier alpha value is -0.570. The van der Waals surface area contributed by atoms with Crippen LogP contribution in [0.1, 0.15) is 70.6 Å². The number of hydrogen-bond acceptors (Lipinski definition) is 2. The molecule has 0 bridgehead atoms. The fraction of sp³-hybridized carbons (Fsp3) is 0.941. The second-order valence-electron chi connectivity index (χ2n) is 6.74. The molecular weight excluding hydrogens is 248 g/mol. The molecule has 1 N–H and O–H groups in total. The molecule has 1 aliphatic heterocycles. The second-order valence-corrected chi connectivity index (χ2v) is 6.74. The zero-order valence-electron chi connectivity index (χ0n) is 13.2. The lowest BCUT2D eigenvalue weighted by molar-refractivity contribution is -0.135. The first-order chi connectivity index (χ1) is 9.77. The quantitative estimate of drug-likeness (QED) is 0.856. The summed E-state index contributed by atoms with van der Waals surface area (Å²) in [7, 11) is 2.00. The van der Waals surface area contributed by atoms with Crippen LogP contribution in [0.5, 0.6) is 0 Å². The number of rotatable bonds is 4. The van der Waals surface area contributed by atoms with Crippen molar-refractivity contribution in [1.82, 2.24) is 10.2 Å². The van der Waals surface area contributed by atoms with Gasteiger partial charge < -0.3 is 10.2 Å². The van der Waals surface area contributed by atoms with E-state index in [1.807, 2.05) is 11.9 Å². The Morgan fingerprint density at radius 1 is 1.00 bits per heavy atom. The van der Waals surface area contributed by atoms with Gasteiger partial charge in [0.05, 0.1) is 0 Å². The van der Waals surface area contributed by atoms with Crippen molar-refractivity contribution in [3.05, 3.63) is 0 Å². The molecule has 2 aliphatic rings. The highest BCUT2D eigenvalue weighted by Crippen LogP contribution is 2.24. The maximum atomic E-state index is 12.5. The van der Waals surface area contributed by atoms with Crippen LogP contribution in [-0.4, -0.2) is 37.0 Å². The Balaban J connectivity index is 1.71. The van der Waals surface area contributed by atoms with E-state index in [1.54, 1.807) is 0 Å². The predicted molar refractivity (Wildman–Crippen MR) is 83.7 cm³/mol. The van der Waals surface area contributed by atoms with Gasteiger partial charge in [-0.3, -0.25) is 4.79 Å². The van der Waals surface area contributed by atoms with Crippen LogP contribution in [0.4, 0.5) is 0 Å². The van der Waals surface area contributed by atoms with Crippen molar-refractivity contribution in [2.24, 2.45) is 5.92 Å². The van der Waals surface area contributed by atoms with Gasteiger partial charge >= 0.3 is 0 Å². The van der Waals surface area contributed by atoms with E-state index < -0.39 is 0 Å². The molecule has 1 amide bonds. The van der Waals surface area contributed by atoms with Gasteiger partial charge in [-0.2, -0.15) is 0 Å². The monoisotopic (exact) mass is 280 g/mol. The number of carbonyl (C=O) groups excluding carboxylic acids is 1. The van der Waals surface area contributed by atoms with E-state index >= 15 is 0 Å². The van der Waals surface area contributed by atoms with Crippen LogP contribution in [0.25, 0.3) is 0 Å². The predicted octanol–water partition coefficient (Wildman–Crippen LogP) is 3.34. The van der Waals surface area contributed by atoms with Crippen LogP contribution in [0, 0.1) is 5.92 Å². The summed E-state index contributed by atoms with van der Waals surface area (Å²) in [4.78, 5) is 14.5. The lowest BCUT2D eigenvalue weighted by Gasteiger charge is -2.28. The van der Waals surface area contributed by atoms with Gasteiger partial charge in [-0.05, 0) is 38.6 Å². The van der Waals surface area contributed by atoms with Gasteiger partial charge in [0.2, 0.25) is 5.91 Å².